The highest BCUT2D eigenvalue weighted by molar-refractivity contribution is 5.94. The van der Waals surface area contributed by atoms with Gasteiger partial charge in [0.05, 0.1) is 12.9 Å². The number of imidazole rings is 1. The van der Waals surface area contributed by atoms with Crippen LogP contribution in [0.15, 0.2) is 36.8 Å². The Labute approximate surface area is 302 Å². The molecule has 0 saturated carbocycles. The van der Waals surface area contributed by atoms with E-state index in [4.69, 9.17) is 0 Å². The molecule has 51 heavy (non-hydrogen) atoms. The van der Waals surface area contributed by atoms with E-state index in [1.54, 1.807) is 6.20 Å². The van der Waals surface area contributed by atoms with Crippen molar-refractivity contribution in [1.82, 2.24) is 52.1 Å². The van der Waals surface area contributed by atoms with E-state index >= 15 is 0 Å². The Bertz CT molecular complexity index is 1360. The number of aromatic nitrogens is 2. The number of aromatic amines is 1. The first kappa shape index (κ1) is 42.8. The molecular formula is C36H60N10O5. The van der Waals surface area contributed by atoms with Crippen molar-refractivity contribution in [3.8, 4) is 0 Å². The average molecular weight is 713 g/mol. The van der Waals surface area contributed by atoms with Crippen molar-refractivity contribution in [2.24, 2.45) is 11.8 Å². The molecule has 2 rings (SSSR count). The highest BCUT2D eigenvalue weighted by Gasteiger charge is 2.32. The summed E-state index contributed by atoms with van der Waals surface area (Å²) >= 11 is 0. The molecular weight excluding hydrogens is 652 g/mol. The fraction of sp³-hybridized carbons (Fsp3) is 0.611. The Morgan fingerprint density at radius 3 is 2.04 bits per heavy atom. The Hall–Kier alpha value is -4.34. The molecule has 4 atom stereocenters. The molecule has 0 radical (unpaired) electrons. The number of likely N-dealkylation sites (N-methyl/N-ethyl adjacent to an activating group) is 2. The largest absolute Gasteiger partial charge is 0.351 e. The quantitative estimate of drug-likeness (QED) is 0.0748. The predicted octanol–water partition coefficient (Wildman–Crippen LogP) is 0.192. The Balaban J connectivity index is 2.05. The SMILES string of the molecule is CCC(C)[C@H](NC(=O)[C@H](Cc1cnc[nH]1)NC(C)=O)C(=O)N[C@@H](CC(C)C)C(=O)NCc1cccc(CNC(=O)CN(CCNC)CCNC)c1. The van der Waals surface area contributed by atoms with Gasteiger partial charge in [0.2, 0.25) is 29.5 Å². The molecule has 1 unspecified atom stereocenters. The van der Waals surface area contributed by atoms with Gasteiger partial charge >= 0.3 is 0 Å². The van der Waals surface area contributed by atoms with Crippen molar-refractivity contribution in [3.05, 3.63) is 53.6 Å². The van der Waals surface area contributed by atoms with Crippen LogP contribution >= 0.6 is 0 Å². The van der Waals surface area contributed by atoms with Gasteiger partial charge in [0.1, 0.15) is 18.1 Å². The van der Waals surface area contributed by atoms with E-state index in [9.17, 15) is 24.0 Å². The summed E-state index contributed by atoms with van der Waals surface area (Å²) in [5.41, 5.74) is 2.40. The van der Waals surface area contributed by atoms with Gasteiger partial charge in [-0.3, -0.25) is 28.9 Å². The third-order valence-electron chi connectivity index (χ3n) is 8.48. The van der Waals surface area contributed by atoms with Crippen LogP contribution in [0.3, 0.4) is 0 Å². The van der Waals surface area contributed by atoms with E-state index in [1.807, 2.05) is 66.1 Å². The van der Waals surface area contributed by atoms with Gasteiger partial charge in [-0.2, -0.15) is 0 Å². The number of H-pyrrole nitrogens is 1. The Morgan fingerprint density at radius 2 is 1.49 bits per heavy atom. The number of carbonyl (C=O) groups excluding carboxylic acids is 5. The van der Waals surface area contributed by atoms with Gasteiger partial charge in [0.25, 0.3) is 0 Å². The molecule has 15 nitrogen and oxygen atoms in total. The van der Waals surface area contributed by atoms with Crippen LogP contribution in [0.2, 0.25) is 0 Å². The van der Waals surface area contributed by atoms with Gasteiger partial charge in [-0.1, -0.05) is 58.4 Å². The zero-order valence-corrected chi connectivity index (χ0v) is 31.4. The van der Waals surface area contributed by atoms with Crippen LogP contribution < -0.4 is 37.2 Å². The lowest BCUT2D eigenvalue weighted by atomic mass is 9.96. The number of amides is 5. The van der Waals surface area contributed by atoms with E-state index in [1.165, 1.54) is 13.3 Å². The summed E-state index contributed by atoms with van der Waals surface area (Å²) in [5.74, 6) is -1.94. The molecule has 0 saturated heterocycles. The first-order chi connectivity index (χ1) is 24.4. The van der Waals surface area contributed by atoms with Crippen LogP contribution in [0.4, 0.5) is 0 Å². The highest BCUT2D eigenvalue weighted by atomic mass is 16.2. The highest BCUT2D eigenvalue weighted by Crippen LogP contribution is 2.13. The van der Waals surface area contributed by atoms with E-state index in [-0.39, 0.29) is 42.5 Å². The molecule has 0 aliphatic heterocycles. The summed E-state index contributed by atoms with van der Waals surface area (Å²) in [5, 5.41) is 20.5. The summed E-state index contributed by atoms with van der Waals surface area (Å²) < 4.78 is 0. The summed E-state index contributed by atoms with van der Waals surface area (Å²) in [6.45, 7) is 13.0. The van der Waals surface area contributed by atoms with Gasteiger partial charge in [-0.15, -0.1) is 0 Å². The van der Waals surface area contributed by atoms with Crippen molar-refractivity contribution >= 4 is 29.5 Å². The maximum Gasteiger partial charge on any atom is 0.243 e. The number of nitrogens with one attached hydrogen (secondary N) is 8. The number of carbonyl (C=O) groups is 5. The van der Waals surface area contributed by atoms with Crippen LogP contribution in [0.1, 0.15) is 64.3 Å². The first-order valence-corrected chi connectivity index (χ1v) is 17.9. The summed E-state index contributed by atoms with van der Waals surface area (Å²) in [6, 6.07) is 4.91. The molecule has 0 aliphatic rings. The van der Waals surface area contributed by atoms with Gasteiger partial charge in [-0.05, 0) is 43.5 Å². The third-order valence-corrected chi connectivity index (χ3v) is 8.48. The Morgan fingerprint density at radius 1 is 0.843 bits per heavy atom. The number of nitrogens with zero attached hydrogens (tertiary/aromatic N) is 2. The minimum atomic E-state index is -0.936. The van der Waals surface area contributed by atoms with E-state index < -0.39 is 29.9 Å². The van der Waals surface area contributed by atoms with Crippen LogP contribution in [-0.4, -0.2) is 109 Å². The second kappa shape index (κ2) is 23.2. The molecule has 1 aromatic heterocycles. The van der Waals surface area contributed by atoms with Crippen molar-refractivity contribution in [2.45, 2.75) is 85.1 Å². The van der Waals surface area contributed by atoms with Gasteiger partial charge < -0.3 is 42.2 Å². The predicted molar refractivity (Wildman–Crippen MR) is 197 cm³/mol. The summed E-state index contributed by atoms with van der Waals surface area (Å²) in [6.07, 6.45) is 4.20. The monoisotopic (exact) mass is 712 g/mol. The van der Waals surface area contributed by atoms with E-state index in [0.717, 1.165) is 37.3 Å². The zero-order valence-electron chi connectivity index (χ0n) is 31.4. The molecule has 0 bridgehead atoms. The minimum Gasteiger partial charge on any atom is -0.351 e. The summed E-state index contributed by atoms with van der Waals surface area (Å²) in [4.78, 5) is 74.1. The van der Waals surface area contributed by atoms with Crippen LogP contribution in [-0.2, 0) is 43.5 Å². The smallest absolute Gasteiger partial charge is 0.243 e. The van der Waals surface area contributed by atoms with Crippen LogP contribution in [0, 0.1) is 11.8 Å². The standard InChI is InChI=1S/C36H60N10O5/c1-8-25(4)33(45-35(50)31(43-26(5)47)18-29-21-39-23-42-29)36(51)44-30(16-24(2)3)34(49)41-20-28-11-9-10-27(17-28)19-40-32(48)22-46(14-12-37-6)15-13-38-7/h9-11,17,21,23-25,30-31,33,37-38H,8,12-16,18-20,22H2,1-7H3,(H,39,42)(H,40,48)(H,41,49)(H,43,47)(H,44,51)(H,45,50)/t25?,30-,31-,33-/m0/s1. The molecule has 0 fully saturated rings. The van der Waals surface area contributed by atoms with Crippen LogP contribution in [0.5, 0.6) is 0 Å². The number of hydrogen-bond donors (Lipinski definition) is 8. The van der Waals surface area contributed by atoms with Gasteiger partial charge in [0.15, 0.2) is 0 Å². The minimum absolute atomic E-state index is 0.0662. The molecule has 15 heteroatoms. The molecule has 0 aliphatic carbocycles. The Kier molecular flexibility index (Phi) is 19.5. The third kappa shape index (κ3) is 16.5. The van der Waals surface area contributed by atoms with E-state index in [2.05, 4.69) is 52.1 Å². The molecule has 0 spiro atoms. The number of hydrogen-bond acceptors (Lipinski definition) is 9. The first-order valence-electron chi connectivity index (χ1n) is 17.9. The second-order valence-electron chi connectivity index (χ2n) is 13.4. The molecule has 284 valence electrons. The molecule has 2 aromatic rings. The lowest BCUT2D eigenvalue weighted by Gasteiger charge is -2.28. The normalized spacial score (nSPS) is 13.6. The van der Waals surface area contributed by atoms with Crippen molar-refractivity contribution in [3.63, 3.8) is 0 Å². The van der Waals surface area contributed by atoms with E-state index in [0.29, 0.717) is 31.6 Å². The number of benzene rings is 1. The van der Waals surface area contributed by atoms with Gasteiger partial charge in [-0.25, -0.2) is 4.98 Å². The lowest BCUT2D eigenvalue weighted by Crippen LogP contribution is -2.58. The summed E-state index contributed by atoms with van der Waals surface area (Å²) in [7, 11) is 3.77. The molecule has 5 amide bonds. The topological polar surface area (TPSA) is 201 Å². The molecule has 8 N–H and O–H groups in total. The maximum absolute atomic E-state index is 13.7. The second-order valence-corrected chi connectivity index (χ2v) is 13.4. The van der Waals surface area contributed by atoms with Crippen molar-refractivity contribution in [1.29, 1.82) is 0 Å². The molecule has 1 heterocycles. The molecule has 1 aromatic carbocycles. The number of rotatable bonds is 24. The zero-order chi connectivity index (χ0) is 37.8. The fourth-order valence-electron chi connectivity index (χ4n) is 5.42. The lowest BCUT2D eigenvalue weighted by molar-refractivity contribution is -0.134. The average Bonchev–Trinajstić information content (AvgIpc) is 3.61. The van der Waals surface area contributed by atoms with Crippen molar-refractivity contribution in [2.75, 3.05) is 46.8 Å². The van der Waals surface area contributed by atoms with Crippen LogP contribution in [0.25, 0.3) is 0 Å². The fourth-order valence-corrected chi connectivity index (χ4v) is 5.42. The van der Waals surface area contributed by atoms with Crippen molar-refractivity contribution < 1.29 is 24.0 Å². The van der Waals surface area contributed by atoms with Gasteiger partial charge in [0, 0.05) is 64.5 Å². The maximum atomic E-state index is 13.7.